The third kappa shape index (κ3) is 6.07. The number of β-amino-alcohol motifs (C(OH)–C–C–N with tert-alkyl or cyclic N) is 1. The van der Waals surface area contributed by atoms with Gasteiger partial charge in [0.25, 0.3) is 5.91 Å². The zero-order chi connectivity index (χ0) is 18.9. The normalized spacial score (nSPS) is 17.4. The monoisotopic (exact) mass is 366 g/mol. The van der Waals surface area contributed by atoms with E-state index in [1.807, 2.05) is 11.8 Å². The van der Waals surface area contributed by atoms with Crippen molar-refractivity contribution in [2.75, 3.05) is 45.8 Å². The molecule has 1 aliphatic heterocycles. The van der Waals surface area contributed by atoms with Crippen LogP contribution in [-0.4, -0.2) is 82.6 Å². The Hall–Kier alpha value is -1.44. The molecular formula is C19H34N4O3. The Bertz CT molecular complexity index is 535. The molecule has 2 heterocycles. The molecule has 0 aliphatic carbocycles. The summed E-state index contributed by atoms with van der Waals surface area (Å²) in [5, 5.41) is 9.77. The van der Waals surface area contributed by atoms with Crippen molar-refractivity contribution in [1.82, 2.24) is 19.7 Å². The summed E-state index contributed by atoms with van der Waals surface area (Å²) in [6, 6.07) is 0. The van der Waals surface area contributed by atoms with E-state index in [2.05, 4.69) is 28.6 Å². The van der Waals surface area contributed by atoms with Gasteiger partial charge in [0.15, 0.2) is 5.69 Å². The molecule has 0 saturated carbocycles. The van der Waals surface area contributed by atoms with E-state index in [4.69, 9.17) is 4.42 Å². The van der Waals surface area contributed by atoms with Crippen LogP contribution in [0.1, 0.15) is 56.4 Å². The van der Waals surface area contributed by atoms with E-state index < -0.39 is 0 Å². The van der Waals surface area contributed by atoms with E-state index in [1.165, 1.54) is 6.26 Å². The molecule has 0 aromatic carbocycles. The summed E-state index contributed by atoms with van der Waals surface area (Å²) in [4.78, 5) is 23.4. The lowest BCUT2D eigenvalue weighted by Gasteiger charge is -2.34. The lowest BCUT2D eigenvalue weighted by molar-refractivity contribution is 0.0658. The summed E-state index contributed by atoms with van der Waals surface area (Å²) >= 11 is 0. The molecule has 26 heavy (non-hydrogen) atoms. The first-order valence-electron chi connectivity index (χ1n) is 9.93. The maximum atomic E-state index is 12.6. The topological polar surface area (TPSA) is 73.1 Å². The molecular weight excluding hydrogens is 332 g/mol. The van der Waals surface area contributed by atoms with Crippen molar-refractivity contribution < 1.29 is 14.3 Å². The molecule has 1 aromatic heterocycles. The van der Waals surface area contributed by atoms with Gasteiger partial charge in [0, 0.05) is 45.8 Å². The summed E-state index contributed by atoms with van der Waals surface area (Å²) in [7, 11) is 0. The van der Waals surface area contributed by atoms with Gasteiger partial charge in [-0.25, -0.2) is 4.98 Å². The Morgan fingerprint density at radius 1 is 1.19 bits per heavy atom. The van der Waals surface area contributed by atoms with E-state index in [9.17, 15) is 9.90 Å². The maximum absolute atomic E-state index is 12.6. The van der Waals surface area contributed by atoms with Gasteiger partial charge in [-0.15, -0.1) is 0 Å². The first kappa shape index (κ1) is 20.9. The minimum absolute atomic E-state index is 0.0397. The number of rotatable bonds is 10. The number of aliphatic hydroxyl groups is 1. The summed E-state index contributed by atoms with van der Waals surface area (Å²) in [6.45, 7) is 12.7. The van der Waals surface area contributed by atoms with E-state index in [0.29, 0.717) is 18.1 Å². The highest BCUT2D eigenvalue weighted by molar-refractivity contribution is 5.91. The molecule has 0 radical (unpaired) electrons. The zero-order valence-electron chi connectivity index (χ0n) is 16.5. The second-order valence-electron chi connectivity index (χ2n) is 7.06. The highest BCUT2D eigenvalue weighted by Crippen LogP contribution is 2.12. The number of piperazine rings is 1. The van der Waals surface area contributed by atoms with Crippen LogP contribution in [0.25, 0.3) is 0 Å². The second kappa shape index (κ2) is 10.6. The summed E-state index contributed by atoms with van der Waals surface area (Å²) < 4.78 is 5.55. The Morgan fingerprint density at radius 2 is 1.81 bits per heavy atom. The van der Waals surface area contributed by atoms with E-state index in [1.54, 1.807) is 0 Å². The third-order valence-electron chi connectivity index (χ3n) is 4.81. The molecule has 1 aromatic rings. The molecule has 1 aliphatic rings. The van der Waals surface area contributed by atoms with Crippen molar-refractivity contribution in [3.8, 4) is 0 Å². The SMILES string of the molecule is CCCN(CCC)C(=O)c1coc(CN2CCN(CC(O)CC)CC2)n1. The number of carbonyl (C=O) groups excluding carboxylic acids is 1. The smallest absolute Gasteiger partial charge is 0.275 e. The molecule has 1 fully saturated rings. The van der Waals surface area contributed by atoms with Gasteiger partial charge >= 0.3 is 0 Å². The quantitative estimate of drug-likeness (QED) is 0.681. The Labute approximate surface area is 157 Å². The lowest BCUT2D eigenvalue weighted by Crippen LogP contribution is -2.48. The predicted octanol–water partition coefficient (Wildman–Crippen LogP) is 1.83. The molecule has 148 valence electrons. The van der Waals surface area contributed by atoms with Crippen molar-refractivity contribution in [2.45, 2.75) is 52.7 Å². The van der Waals surface area contributed by atoms with Crippen LogP contribution in [0, 0.1) is 0 Å². The number of aromatic nitrogens is 1. The molecule has 1 amide bonds. The fraction of sp³-hybridized carbons (Fsp3) is 0.789. The van der Waals surface area contributed by atoms with Gasteiger partial charge in [-0.3, -0.25) is 14.6 Å². The van der Waals surface area contributed by atoms with Gasteiger partial charge in [-0.05, 0) is 19.3 Å². The maximum Gasteiger partial charge on any atom is 0.275 e. The largest absolute Gasteiger partial charge is 0.447 e. The predicted molar refractivity (Wildman–Crippen MR) is 101 cm³/mol. The molecule has 0 bridgehead atoms. The van der Waals surface area contributed by atoms with E-state index in [0.717, 1.165) is 65.1 Å². The van der Waals surface area contributed by atoms with Crippen LogP contribution >= 0.6 is 0 Å². The number of oxazole rings is 1. The van der Waals surface area contributed by atoms with E-state index >= 15 is 0 Å². The lowest BCUT2D eigenvalue weighted by atomic mass is 10.2. The summed E-state index contributed by atoms with van der Waals surface area (Å²) in [5.74, 6) is 0.561. The van der Waals surface area contributed by atoms with Gasteiger partial charge in [0.05, 0.1) is 12.6 Å². The van der Waals surface area contributed by atoms with Crippen molar-refractivity contribution >= 4 is 5.91 Å². The van der Waals surface area contributed by atoms with Crippen LogP contribution < -0.4 is 0 Å². The van der Waals surface area contributed by atoms with Gasteiger partial charge < -0.3 is 14.4 Å². The molecule has 1 saturated heterocycles. The molecule has 1 unspecified atom stereocenters. The highest BCUT2D eigenvalue weighted by atomic mass is 16.3. The van der Waals surface area contributed by atoms with Crippen molar-refractivity contribution in [2.24, 2.45) is 0 Å². The van der Waals surface area contributed by atoms with Gasteiger partial charge in [0.2, 0.25) is 5.89 Å². The van der Waals surface area contributed by atoms with Crippen LogP contribution in [0.4, 0.5) is 0 Å². The van der Waals surface area contributed by atoms with Crippen molar-refractivity contribution in [3.05, 3.63) is 17.8 Å². The molecule has 7 nitrogen and oxygen atoms in total. The third-order valence-corrected chi connectivity index (χ3v) is 4.81. The van der Waals surface area contributed by atoms with Gasteiger partial charge in [0.1, 0.15) is 6.26 Å². The van der Waals surface area contributed by atoms with Crippen LogP contribution in [0.3, 0.4) is 0 Å². The zero-order valence-corrected chi connectivity index (χ0v) is 16.5. The Balaban J connectivity index is 1.84. The second-order valence-corrected chi connectivity index (χ2v) is 7.06. The van der Waals surface area contributed by atoms with Crippen molar-refractivity contribution in [3.63, 3.8) is 0 Å². The number of amides is 1. The van der Waals surface area contributed by atoms with Crippen LogP contribution in [-0.2, 0) is 6.54 Å². The van der Waals surface area contributed by atoms with E-state index in [-0.39, 0.29) is 12.0 Å². The Morgan fingerprint density at radius 3 is 2.38 bits per heavy atom. The fourth-order valence-corrected chi connectivity index (χ4v) is 3.25. The van der Waals surface area contributed by atoms with Crippen LogP contribution in [0.2, 0.25) is 0 Å². The molecule has 2 rings (SSSR count). The first-order valence-corrected chi connectivity index (χ1v) is 9.93. The minimum atomic E-state index is -0.240. The molecule has 1 atom stereocenters. The molecule has 7 heteroatoms. The van der Waals surface area contributed by atoms with Crippen molar-refractivity contribution in [1.29, 1.82) is 0 Å². The standard InChI is InChI=1S/C19H34N4O3/c1-4-7-23(8-5-2)19(25)17-15-26-18(20-17)14-22-11-9-21(10-12-22)13-16(24)6-3/h15-16,24H,4-14H2,1-3H3. The highest BCUT2D eigenvalue weighted by Gasteiger charge is 2.22. The van der Waals surface area contributed by atoms with Gasteiger partial charge in [-0.1, -0.05) is 20.8 Å². The summed E-state index contributed by atoms with van der Waals surface area (Å²) in [5.41, 5.74) is 0.409. The first-order chi connectivity index (χ1) is 12.6. The minimum Gasteiger partial charge on any atom is -0.447 e. The Kier molecular flexibility index (Phi) is 8.54. The number of carbonyl (C=O) groups is 1. The number of hydrogen-bond donors (Lipinski definition) is 1. The van der Waals surface area contributed by atoms with Crippen LogP contribution in [0.15, 0.2) is 10.7 Å². The average molecular weight is 367 g/mol. The average Bonchev–Trinajstić information content (AvgIpc) is 3.11. The van der Waals surface area contributed by atoms with Crippen LogP contribution in [0.5, 0.6) is 0 Å². The number of nitrogens with zero attached hydrogens (tertiary/aromatic N) is 4. The number of aliphatic hydroxyl groups excluding tert-OH is 1. The molecule has 0 spiro atoms. The molecule has 1 N–H and O–H groups in total. The number of hydrogen-bond acceptors (Lipinski definition) is 6. The fourth-order valence-electron chi connectivity index (χ4n) is 3.25. The van der Waals surface area contributed by atoms with Gasteiger partial charge in [-0.2, -0.15) is 0 Å². The summed E-state index contributed by atoms with van der Waals surface area (Å²) in [6.07, 6.45) is 3.92.